The van der Waals surface area contributed by atoms with Crippen LogP contribution in [-0.4, -0.2) is 4.98 Å². The zero-order valence-electron chi connectivity index (χ0n) is 6.52. The van der Waals surface area contributed by atoms with Gasteiger partial charge in [-0.3, -0.25) is 0 Å². The van der Waals surface area contributed by atoms with E-state index in [0.29, 0.717) is 5.39 Å². The summed E-state index contributed by atoms with van der Waals surface area (Å²) in [6, 6.07) is 4.12. The second-order valence-electron chi connectivity index (χ2n) is 2.76. The van der Waals surface area contributed by atoms with Crippen molar-refractivity contribution < 1.29 is 13.2 Å². The number of aromatic nitrogens is 1. The van der Waals surface area contributed by atoms with E-state index in [1.165, 1.54) is 12.3 Å². The lowest BCUT2D eigenvalue weighted by molar-refractivity contribution is -0.136. The van der Waals surface area contributed by atoms with Gasteiger partial charge in [-0.25, -0.2) is 0 Å². The van der Waals surface area contributed by atoms with Crippen LogP contribution in [-0.2, 0) is 6.18 Å². The summed E-state index contributed by atoms with van der Waals surface area (Å²) in [6.45, 7) is 0. The van der Waals surface area contributed by atoms with Gasteiger partial charge < -0.3 is 4.98 Å². The van der Waals surface area contributed by atoms with Crippen LogP contribution in [0.2, 0.25) is 0 Å². The molecule has 0 saturated heterocycles. The number of alkyl halides is 3. The van der Waals surface area contributed by atoms with Gasteiger partial charge in [0.25, 0.3) is 0 Å². The molecule has 0 unspecified atom stereocenters. The van der Waals surface area contributed by atoms with Crippen LogP contribution >= 0.6 is 0 Å². The fraction of sp³-hybridized carbons (Fsp3) is 0.111. The first-order chi connectivity index (χ1) is 6.09. The molecule has 0 spiro atoms. The Hall–Kier alpha value is -1.45. The molecule has 68 valence electrons. The number of nitrogens with one attached hydrogen (secondary N) is 1. The molecule has 1 N–H and O–H groups in total. The zero-order chi connectivity index (χ0) is 9.47. The van der Waals surface area contributed by atoms with Crippen LogP contribution in [0, 0.1) is 0 Å². The Morgan fingerprint density at radius 3 is 2.54 bits per heavy atom. The first-order valence-corrected chi connectivity index (χ1v) is 3.72. The third-order valence-electron chi connectivity index (χ3n) is 1.91. The van der Waals surface area contributed by atoms with Crippen molar-refractivity contribution in [1.82, 2.24) is 4.98 Å². The van der Waals surface area contributed by atoms with Gasteiger partial charge in [0.05, 0.1) is 5.56 Å². The molecule has 0 saturated carbocycles. The van der Waals surface area contributed by atoms with Gasteiger partial charge in [0.15, 0.2) is 0 Å². The number of halogens is 3. The largest absolute Gasteiger partial charge is 0.417 e. The average molecular weight is 185 g/mol. The maximum Gasteiger partial charge on any atom is 0.417 e. The first kappa shape index (κ1) is 8.16. The Bertz CT molecular complexity index is 428. The fourth-order valence-corrected chi connectivity index (χ4v) is 1.33. The molecule has 1 aromatic heterocycles. The number of rotatable bonds is 0. The molecular weight excluding hydrogens is 179 g/mol. The van der Waals surface area contributed by atoms with Gasteiger partial charge in [-0.1, -0.05) is 12.1 Å². The van der Waals surface area contributed by atoms with E-state index in [4.69, 9.17) is 0 Å². The summed E-state index contributed by atoms with van der Waals surface area (Å²) in [5.41, 5.74) is -0.591. The quantitative estimate of drug-likeness (QED) is 0.648. The maximum absolute atomic E-state index is 12.4. The first-order valence-electron chi connectivity index (χ1n) is 3.72. The molecule has 2 aromatic rings. The number of benzene rings is 1. The minimum Gasteiger partial charge on any atom is -0.366 e. The van der Waals surface area contributed by atoms with Crippen molar-refractivity contribution in [3.8, 4) is 0 Å². The van der Waals surface area contributed by atoms with Crippen LogP contribution in [0.1, 0.15) is 5.56 Å². The fourth-order valence-electron chi connectivity index (χ4n) is 1.33. The van der Waals surface area contributed by atoms with E-state index in [-0.39, 0.29) is 5.39 Å². The Balaban J connectivity index is 2.75. The molecule has 0 aliphatic carbocycles. The van der Waals surface area contributed by atoms with E-state index in [2.05, 4.69) is 4.98 Å². The molecule has 1 aromatic carbocycles. The summed E-state index contributed by atoms with van der Waals surface area (Å²) < 4.78 is 37.1. The van der Waals surface area contributed by atoms with Crippen molar-refractivity contribution in [3.63, 3.8) is 0 Å². The lowest BCUT2D eigenvalue weighted by atomic mass is 10.1. The minimum absolute atomic E-state index is 0.218. The van der Waals surface area contributed by atoms with Gasteiger partial charge in [-0.15, -0.1) is 0 Å². The highest BCUT2D eigenvalue weighted by Gasteiger charge is 2.32. The van der Waals surface area contributed by atoms with Gasteiger partial charge >= 0.3 is 6.18 Å². The standard InChI is InChI=1S/C9H6F3N/c10-9(11,12)8-3-1-2-6-4-13-5-7(6)8/h1-5,13H. The molecule has 13 heavy (non-hydrogen) atoms. The van der Waals surface area contributed by atoms with E-state index >= 15 is 0 Å². The molecular formula is C9H6F3N. The monoisotopic (exact) mass is 185 g/mol. The second-order valence-corrected chi connectivity index (χ2v) is 2.76. The van der Waals surface area contributed by atoms with Crippen LogP contribution in [0.5, 0.6) is 0 Å². The van der Waals surface area contributed by atoms with Crippen LogP contribution in [0.4, 0.5) is 13.2 Å². The lowest BCUT2D eigenvalue weighted by Crippen LogP contribution is -2.04. The number of H-pyrrole nitrogens is 1. The molecule has 0 atom stereocenters. The predicted octanol–water partition coefficient (Wildman–Crippen LogP) is 3.19. The topological polar surface area (TPSA) is 15.8 Å². The Morgan fingerprint density at radius 2 is 1.85 bits per heavy atom. The third-order valence-corrected chi connectivity index (χ3v) is 1.91. The van der Waals surface area contributed by atoms with Crippen molar-refractivity contribution in [2.75, 3.05) is 0 Å². The summed E-state index contributed by atoms with van der Waals surface area (Å²) in [4.78, 5) is 2.65. The highest BCUT2D eigenvalue weighted by Crippen LogP contribution is 2.34. The van der Waals surface area contributed by atoms with E-state index in [1.807, 2.05) is 0 Å². The predicted molar refractivity (Wildman–Crippen MR) is 43.3 cm³/mol. The van der Waals surface area contributed by atoms with Crippen molar-refractivity contribution in [1.29, 1.82) is 0 Å². The van der Waals surface area contributed by atoms with Gasteiger partial charge in [-0.2, -0.15) is 13.2 Å². The van der Waals surface area contributed by atoms with E-state index in [1.54, 1.807) is 12.3 Å². The molecule has 0 aliphatic rings. The molecule has 1 heterocycles. The maximum atomic E-state index is 12.4. The van der Waals surface area contributed by atoms with Crippen LogP contribution in [0.25, 0.3) is 10.8 Å². The Labute approximate surface area is 72.2 Å². The SMILES string of the molecule is FC(F)(F)c1cccc2c[nH]cc12. The lowest BCUT2D eigenvalue weighted by Gasteiger charge is -2.06. The van der Waals surface area contributed by atoms with Crippen LogP contribution in [0.15, 0.2) is 30.6 Å². The highest BCUT2D eigenvalue weighted by atomic mass is 19.4. The number of hydrogen-bond acceptors (Lipinski definition) is 0. The molecule has 4 heteroatoms. The number of aromatic amines is 1. The van der Waals surface area contributed by atoms with Crippen molar-refractivity contribution in [2.24, 2.45) is 0 Å². The summed E-state index contributed by atoms with van der Waals surface area (Å²) >= 11 is 0. The molecule has 1 nitrogen and oxygen atoms in total. The normalized spacial score (nSPS) is 12.2. The molecule has 0 aliphatic heterocycles. The summed E-state index contributed by atoms with van der Waals surface area (Å²) in [7, 11) is 0. The average Bonchev–Trinajstić information content (AvgIpc) is 2.48. The van der Waals surface area contributed by atoms with Gasteiger partial charge in [0.1, 0.15) is 0 Å². The molecule has 0 amide bonds. The van der Waals surface area contributed by atoms with Gasteiger partial charge in [-0.05, 0) is 11.5 Å². The zero-order valence-corrected chi connectivity index (χ0v) is 6.52. The van der Waals surface area contributed by atoms with Crippen molar-refractivity contribution >= 4 is 10.8 Å². The van der Waals surface area contributed by atoms with Crippen LogP contribution in [0.3, 0.4) is 0 Å². The molecule has 2 rings (SSSR count). The van der Waals surface area contributed by atoms with Crippen molar-refractivity contribution in [3.05, 3.63) is 36.2 Å². The van der Waals surface area contributed by atoms with Gasteiger partial charge in [0, 0.05) is 17.8 Å². The van der Waals surface area contributed by atoms with E-state index < -0.39 is 11.7 Å². The Morgan fingerprint density at radius 1 is 1.08 bits per heavy atom. The molecule has 0 bridgehead atoms. The number of hydrogen-bond donors (Lipinski definition) is 1. The number of fused-ring (bicyclic) bond motifs is 1. The smallest absolute Gasteiger partial charge is 0.366 e. The third kappa shape index (κ3) is 1.28. The second kappa shape index (κ2) is 2.52. The van der Waals surface area contributed by atoms with E-state index in [9.17, 15) is 13.2 Å². The molecule has 0 radical (unpaired) electrons. The van der Waals surface area contributed by atoms with Crippen LogP contribution < -0.4 is 0 Å². The summed E-state index contributed by atoms with van der Waals surface area (Å²) in [6.07, 6.45) is -1.37. The highest BCUT2D eigenvalue weighted by molar-refractivity contribution is 5.85. The minimum atomic E-state index is -4.28. The summed E-state index contributed by atoms with van der Waals surface area (Å²) in [5.74, 6) is 0. The summed E-state index contributed by atoms with van der Waals surface area (Å²) in [5, 5.41) is 0.796. The Kier molecular flexibility index (Phi) is 1.58. The van der Waals surface area contributed by atoms with E-state index in [0.717, 1.165) is 6.07 Å². The van der Waals surface area contributed by atoms with Gasteiger partial charge in [0.2, 0.25) is 0 Å². The molecule has 0 fully saturated rings. The van der Waals surface area contributed by atoms with Crippen molar-refractivity contribution in [2.45, 2.75) is 6.18 Å².